The summed E-state index contributed by atoms with van der Waals surface area (Å²) in [5.41, 5.74) is 1.33. The average Bonchev–Trinajstić information content (AvgIpc) is 2.35. The SMILES string of the molecule is C=C(CC(C)(C)C(C)SSc1ccccn1)NC(C)C. The van der Waals surface area contributed by atoms with E-state index >= 15 is 0 Å². The molecular weight excluding hydrogens is 284 g/mol. The molecule has 0 saturated heterocycles. The third kappa shape index (κ3) is 6.23. The number of rotatable bonds is 8. The maximum atomic E-state index is 4.35. The standard InChI is InChI=1S/C16H26N2S2/c1-12(2)18-13(3)11-16(5,6)14(4)19-20-15-9-7-8-10-17-15/h7-10,12,14,18H,3,11H2,1-2,4-6H3. The molecule has 1 atom stereocenters. The zero-order chi connectivity index (χ0) is 15.2. The summed E-state index contributed by atoms with van der Waals surface area (Å²) in [6.07, 6.45) is 2.83. The number of hydrogen-bond donors (Lipinski definition) is 1. The molecule has 1 N–H and O–H groups in total. The zero-order valence-corrected chi connectivity index (χ0v) is 14.8. The van der Waals surface area contributed by atoms with Crippen LogP contribution in [0.25, 0.3) is 0 Å². The highest BCUT2D eigenvalue weighted by Gasteiger charge is 2.27. The predicted octanol–water partition coefficient (Wildman–Crippen LogP) is 5.14. The normalized spacial score (nSPS) is 13.3. The van der Waals surface area contributed by atoms with Crippen molar-refractivity contribution in [1.82, 2.24) is 10.3 Å². The van der Waals surface area contributed by atoms with Crippen molar-refractivity contribution in [3.05, 3.63) is 36.7 Å². The van der Waals surface area contributed by atoms with Gasteiger partial charge < -0.3 is 5.32 Å². The van der Waals surface area contributed by atoms with Crippen molar-refractivity contribution in [2.24, 2.45) is 5.41 Å². The molecule has 0 aliphatic rings. The number of allylic oxidation sites excluding steroid dienone is 1. The fraction of sp³-hybridized carbons (Fsp3) is 0.562. The summed E-state index contributed by atoms with van der Waals surface area (Å²) in [6.45, 7) is 15.3. The molecule has 1 rings (SSSR count). The maximum absolute atomic E-state index is 4.35. The van der Waals surface area contributed by atoms with E-state index in [-0.39, 0.29) is 5.41 Å². The van der Waals surface area contributed by atoms with E-state index in [2.05, 4.69) is 57.6 Å². The summed E-state index contributed by atoms with van der Waals surface area (Å²) in [5, 5.41) is 4.99. The van der Waals surface area contributed by atoms with E-state index in [1.54, 1.807) is 10.8 Å². The van der Waals surface area contributed by atoms with Crippen molar-refractivity contribution in [3.63, 3.8) is 0 Å². The minimum atomic E-state index is 0.200. The first-order valence-corrected chi connectivity index (χ1v) is 9.21. The van der Waals surface area contributed by atoms with Crippen LogP contribution in [0, 0.1) is 5.41 Å². The van der Waals surface area contributed by atoms with Crippen LogP contribution in [0.5, 0.6) is 0 Å². The molecule has 0 saturated carbocycles. The second kappa shape index (κ2) is 7.99. The van der Waals surface area contributed by atoms with E-state index in [1.165, 1.54) is 0 Å². The summed E-state index contributed by atoms with van der Waals surface area (Å²) in [4.78, 5) is 4.35. The van der Waals surface area contributed by atoms with Crippen LogP contribution in [0.3, 0.4) is 0 Å². The Balaban J connectivity index is 2.47. The lowest BCUT2D eigenvalue weighted by Gasteiger charge is -2.32. The van der Waals surface area contributed by atoms with Crippen molar-refractivity contribution in [2.45, 2.75) is 57.4 Å². The minimum Gasteiger partial charge on any atom is -0.387 e. The molecule has 1 heterocycles. The van der Waals surface area contributed by atoms with E-state index in [1.807, 2.05) is 29.1 Å². The zero-order valence-electron chi connectivity index (χ0n) is 13.1. The number of nitrogens with one attached hydrogen (secondary N) is 1. The largest absolute Gasteiger partial charge is 0.387 e. The van der Waals surface area contributed by atoms with Crippen molar-refractivity contribution in [1.29, 1.82) is 0 Å². The molecule has 20 heavy (non-hydrogen) atoms. The topological polar surface area (TPSA) is 24.9 Å². The third-order valence-corrected chi connectivity index (χ3v) is 6.28. The van der Waals surface area contributed by atoms with E-state index in [0.717, 1.165) is 17.1 Å². The Morgan fingerprint density at radius 2 is 2.05 bits per heavy atom. The summed E-state index contributed by atoms with van der Waals surface area (Å²) in [7, 11) is 3.63. The number of hydrogen-bond acceptors (Lipinski definition) is 4. The van der Waals surface area contributed by atoms with Crippen LogP contribution >= 0.6 is 21.6 Å². The summed E-state index contributed by atoms with van der Waals surface area (Å²) < 4.78 is 0. The summed E-state index contributed by atoms with van der Waals surface area (Å²) >= 11 is 0. The number of aromatic nitrogens is 1. The third-order valence-electron chi connectivity index (χ3n) is 3.18. The Morgan fingerprint density at radius 1 is 1.35 bits per heavy atom. The van der Waals surface area contributed by atoms with Gasteiger partial charge in [0.05, 0.1) is 0 Å². The maximum Gasteiger partial charge on any atom is 0.106 e. The Hall–Kier alpha value is -0.610. The van der Waals surface area contributed by atoms with Crippen LogP contribution in [0.1, 0.15) is 41.0 Å². The lowest BCUT2D eigenvalue weighted by Crippen LogP contribution is -2.29. The first kappa shape index (κ1) is 17.4. The first-order valence-electron chi connectivity index (χ1n) is 7.00. The van der Waals surface area contributed by atoms with Crippen LogP contribution in [-0.4, -0.2) is 16.3 Å². The van der Waals surface area contributed by atoms with Crippen molar-refractivity contribution < 1.29 is 0 Å². The average molecular weight is 311 g/mol. The molecule has 112 valence electrons. The predicted molar refractivity (Wildman–Crippen MR) is 93.0 cm³/mol. The number of pyridine rings is 1. The lowest BCUT2D eigenvalue weighted by atomic mass is 9.85. The monoisotopic (exact) mass is 310 g/mol. The van der Waals surface area contributed by atoms with Crippen LogP contribution in [0.15, 0.2) is 41.7 Å². The van der Waals surface area contributed by atoms with Gasteiger partial charge in [-0.05, 0) is 48.6 Å². The van der Waals surface area contributed by atoms with Crippen molar-refractivity contribution in [3.8, 4) is 0 Å². The molecule has 0 fully saturated rings. The van der Waals surface area contributed by atoms with Gasteiger partial charge in [0.15, 0.2) is 0 Å². The first-order chi connectivity index (χ1) is 9.31. The van der Waals surface area contributed by atoms with Crippen LogP contribution in [0.4, 0.5) is 0 Å². The molecule has 0 aliphatic carbocycles. The lowest BCUT2D eigenvalue weighted by molar-refractivity contribution is 0.350. The Bertz CT molecular complexity index is 416. The van der Waals surface area contributed by atoms with Crippen LogP contribution < -0.4 is 5.32 Å². The molecule has 1 aromatic rings. The molecule has 0 aliphatic heterocycles. The van der Waals surface area contributed by atoms with Gasteiger partial charge in [-0.1, -0.05) is 44.2 Å². The van der Waals surface area contributed by atoms with E-state index in [4.69, 9.17) is 0 Å². The molecule has 0 aromatic carbocycles. The molecule has 0 radical (unpaired) electrons. The molecule has 0 amide bonds. The van der Waals surface area contributed by atoms with Gasteiger partial charge in [0.25, 0.3) is 0 Å². The molecular formula is C16H26N2S2. The van der Waals surface area contributed by atoms with Gasteiger partial charge in [0.1, 0.15) is 5.03 Å². The molecule has 0 spiro atoms. The van der Waals surface area contributed by atoms with Gasteiger partial charge in [0, 0.05) is 23.2 Å². The minimum absolute atomic E-state index is 0.200. The van der Waals surface area contributed by atoms with Gasteiger partial charge in [-0.25, -0.2) is 4.98 Å². The fourth-order valence-corrected chi connectivity index (χ4v) is 4.43. The summed E-state index contributed by atoms with van der Waals surface area (Å²) in [6, 6.07) is 6.48. The Kier molecular flexibility index (Phi) is 6.96. The Labute approximate surface area is 131 Å². The van der Waals surface area contributed by atoms with E-state index in [9.17, 15) is 0 Å². The second-order valence-corrected chi connectivity index (χ2v) is 8.62. The van der Waals surface area contributed by atoms with Crippen molar-refractivity contribution >= 4 is 21.6 Å². The summed E-state index contributed by atoms with van der Waals surface area (Å²) in [5.74, 6) is 0. The van der Waals surface area contributed by atoms with Gasteiger partial charge in [0.2, 0.25) is 0 Å². The van der Waals surface area contributed by atoms with E-state index < -0.39 is 0 Å². The highest BCUT2D eigenvalue weighted by Crippen LogP contribution is 2.43. The van der Waals surface area contributed by atoms with Crippen molar-refractivity contribution in [2.75, 3.05) is 0 Å². The highest BCUT2D eigenvalue weighted by atomic mass is 33.1. The van der Waals surface area contributed by atoms with Crippen LogP contribution in [0.2, 0.25) is 0 Å². The Morgan fingerprint density at radius 3 is 2.60 bits per heavy atom. The van der Waals surface area contributed by atoms with Crippen LogP contribution in [-0.2, 0) is 0 Å². The van der Waals surface area contributed by atoms with E-state index in [0.29, 0.717) is 11.3 Å². The van der Waals surface area contributed by atoms with Gasteiger partial charge in [-0.2, -0.15) is 0 Å². The number of nitrogens with zero attached hydrogens (tertiary/aromatic N) is 1. The molecule has 0 bridgehead atoms. The highest BCUT2D eigenvalue weighted by molar-refractivity contribution is 8.76. The molecule has 4 heteroatoms. The smallest absolute Gasteiger partial charge is 0.106 e. The van der Waals surface area contributed by atoms with Gasteiger partial charge in [-0.3, -0.25) is 0 Å². The fourth-order valence-electron chi connectivity index (χ4n) is 1.80. The quantitative estimate of drug-likeness (QED) is 0.672. The van der Waals surface area contributed by atoms with Gasteiger partial charge >= 0.3 is 0 Å². The molecule has 1 aromatic heterocycles. The second-order valence-electron chi connectivity index (χ2n) is 6.06. The van der Waals surface area contributed by atoms with Gasteiger partial charge in [-0.15, -0.1) is 0 Å². The molecule has 1 unspecified atom stereocenters. The molecule has 2 nitrogen and oxygen atoms in total.